The third-order valence-corrected chi connectivity index (χ3v) is 6.50. The summed E-state index contributed by atoms with van der Waals surface area (Å²) in [6.07, 6.45) is 2.69. The van der Waals surface area contributed by atoms with Gasteiger partial charge in [0.15, 0.2) is 4.80 Å². The van der Waals surface area contributed by atoms with Gasteiger partial charge in [0.1, 0.15) is 11.5 Å². The molecule has 4 rings (SSSR count). The van der Waals surface area contributed by atoms with E-state index in [9.17, 15) is 9.59 Å². The second-order valence-electron chi connectivity index (χ2n) is 7.73. The van der Waals surface area contributed by atoms with Gasteiger partial charge in [0.05, 0.1) is 42.7 Å². The quantitative estimate of drug-likeness (QED) is 0.488. The number of benzene rings is 2. The highest BCUT2D eigenvalue weighted by Gasteiger charge is 2.33. The summed E-state index contributed by atoms with van der Waals surface area (Å²) in [6, 6.07) is 14.3. The van der Waals surface area contributed by atoms with Gasteiger partial charge in [-0.2, -0.15) is 0 Å². The molecule has 3 aromatic rings. The normalized spacial score (nSPS) is 15.5. The number of thiazole rings is 1. The Kier molecular flexibility index (Phi) is 6.98. The van der Waals surface area contributed by atoms with Crippen molar-refractivity contribution in [2.75, 3.05) is 20.8 Å². The lowest BCUT2D eigenvalue weighted by Gasteiger charge is -2.24. The van der Waals surface area contributed by atoms with Crippen LogP contribution in [0.5, 0.6) is 11.5 Å². The first kappa shape index (κ1) is 23.5. The fourth-order valence-corrected chi connectivity index (χ4v) is 4.94. The number of ether oxygens (including phenoxy) is 3. The monoisotopic (exact) mass is 478 g/mol. The molecule has 0 amide bonds. The number of fused-ring (bicyclic) bond motifs is 1. The molecule has 0 aliphatic carbocycles. The molecule has 0 saturated heterocycles. The maximum atomic E-state index is 13.6. The van der Waals surface area contributed by atoms with Crippen LogP contribution in [-0.2, 0) is 9.53 Å². The van der Waals surface area contributed by atoms with E-state index in [0.717, 1.165) is 23.3 Å². The van der Waals surface area contributed by atoms with E-state index in [2.05, 4.69) is 4.99 Å². The molecule has 8 heteroatoms. The van der Waals surface area contributed by atoms with Crippen LogP contribution in [0.1, 0.15) is 37.4 Å². The molecule has 0 bridgehead atoms. The first-order valence-corrected chi connectivity index (χ1v) is 11.8. The van der Waals surface area contributed by atoms with Crippen molar-refractivity contribution in [2.45, 2.75) is 26.3 Å². The van der Waals surface area contributed by atoms with Gasteiger partial charge in [-0.3, -0.25) is 9.36 Å². The minimum Gasteiger partial charge on any atom is -0.496 e. The van der Waals surface area contributed by atoms with Crippen molar-refractivity contribution in [1.29, 1.82) is 0 Å². The van der Waals surface area contributed by atoms with Crippen molar-refractivity contribution in [3.63, 3.8) is 0 Å². The SMILES string of the molecule is CCCOc1ccc(C2C(C(=O)OC)=C(C)N=c3sc(=Cc4ccccc4OC)c(=O)n32)cc1. The van der Waals surface area contributed by atoms with E-state index in [1.807, 2.05) is 55.5 Å². The molecule has 0 fully saturated rings. The van der Waals surface area contributed by atoms with Gasteiger partial charge in [-0.25, -0.2) is 9.79 Å². The van der Waals surface area contributed by atoms with Crippen molar-refractivity contribution in [3.8, 4) is 11.5 Å². The molecule has 34 heavy (non-hydrogen) atoms. The zero-order valence-electron chi connectivity index (χ0n) is 19.5. The summed E-state index contributed by atoms with van der Waals surface area (Å²) in [5, 5.41) is 0. The number of hydrogen-bond acceptors (Lipinski definition) is 7. The Hall–Kier alpha value is -3.65. The van der Waals surface area contributed by atoms with Gasteiger partial charge in [0, 0.05) is 5.56 Å². The molecule has 0 radical (unpaired) electrons. The predicted octanol–water partition coefficient (Wildman–Crippen LogP) is 3.21. The molecular formula is C26H26N2O5S. The number of esters is 1. The third-order valence-electron chi connectivity index (χ3n) is 5.52. The topological polar surface area (TPSA) is 79.1 Å². The van der Waals surface area contributed by atoms with Gasteiger partial charge < -0.3 is 14.2 Å². The summed E-state index contributed by atoms with van der Waals surface area (Å²) in [7, 11) is 2.92. The van der Waals surface area contributed by atoms with Gasteiger partial charge in [-0.15, -0.1) is 0 Å². The van der Waals surface area contributed by atoms with E-state index in [1.165, 1.54) is 18.4 Å². The minimum absolute atomic E-state index is 0.236. The Bertz CT molecular complexity index is 1420. The standard InChI is InChI=1S/C26H26N2O5S/c1-5-14-33-19-12-10-17(11-13-19)23-22(25(30)32-4)16(2)27-26-28(23)24(29)21(34-26)15-18-8-6-7-9-20(18)31-3/h6-13,15,23H,5,14H2,1-4H3. The van der Waals surface area contributed by atoms with E-state index >= 15 is 0 Å². The number of aromatic nitrogens is 1. The number of carbonyl (C=O) groups is 1. The molecule has 1 aliphatic heterocycles. The minimum atomic E-state index is -0.663. The smallest absolute Gasteiger partial charge is 0.338 e. The zero-order valence-corrected chi connectivity index (χ0v) is 20.3. The highest BCUT2D eigenvalue weighted by molar-refractivity contribution is 7.07. The lowest BCUT2D eigenvalue weighted by atomic mass is 9.96. The van der Waals surface area contributed by atoms with Gasteiger partial charge in [-0.1, -0.05) is 48.6 Å². The van der Waals surface area contributed by atoms with Crippen molar-refractivity contribution in [3.05, 3.63) is 90.6 Å². The molecule has 0 spiro atoms. The van der Waals surface area contributed by atoms with Gasteiger partial charge >= 0.3 is 5.97 Å². The molecule has 1 aliphatic rings. The van der Waals surface area contributed by atoms with E-state index in [1.54, 1.807) is 24.7 Å². The fourth-order valence-electron chi connectivity index (χ4n) is 3.90. The average Bonchev–Trinajstić information content (AvgIpc) is 3.16. The van der Waals surface area contributed by atoms with Crippen molar-refractivity contribution in [2.24, 2.45) is 4.99 Å². The van der Waals surface area contributed by atoms with Crippen LogP contribution in [0.4, 0.5) is 0 Å². The number of methoxy groups -OCH3 is 2. The van der Waals surface area contributed by atoms with E-state index in [-0.39, 0.29) is 5.56 Å². The summed E-state index contributed by atoms with van der Waals surface area (Å²) in [4.78, 5) is 31.5. The maximum absolute atomic E-state index is 13.6. The molecule has 7 nitrogen and oxygen atoms in total. The Balaban J connectivity index is 1.90. The van der Waals surface area contributed by atoms with E-state index in [4.69, 9.17) is 14.2 Å². The molecule has 1 atom stereocenters. The van der Waals surface area contributed by atoms with Crippen LogP contribution in [0.15, 0.2) is 69.6 Å². The Labute approximate surface area is 201 Å². The molecule has 1 unspecified atom stereocenters. The first-order valence-electron chi connectivity index (χ1n) is 10.9. The van der Waals surface area contributed by atoms with Crippen molar-refractivity contribution in [1.82, 2.24) is 4.57 Å². The second-order valence-corrected chi connectivity index (χ2v) is 8.74. The average molecular weight is 479 g/mol. The van der Waals surface area contributed by atoms with Crippen molar-refractivity contribution < 1.29 is 19.0 Å². The Morgan fingerprint density at radius 1 is 1.15 bits per heavy atom. The summed E-state index contributed by atoms with van der Waals surface area (Å²) in [5.41, 5.74) is 2.17. The van der Waals surface area contributed by atoms with E-state index in [0.29, 0.717) is 33.0 Å². The largest absolute Gasteiger partial charge is 0.496 e. The molecule has 2 heterocycles. The lowest BCUT2D eigenvalue weighted by Crippen LogP contribution is -2.39. The highest BCUT2D eigenvalue weighted by Crippen LogP contribution is 2.31. The molecule has 0 saturated carbocycles. The number of nitrogens with zero attached hydrogens (tertiary/aromatic N) is 2. The van der Waals surface area contributed by atoms with E-state index < -0.39 is 12.0 Å². The second kappa shape index (κ2) is 10.1. The summed E-state index contributed by atoms with van der Waals surface area (Å²) >= 11 is 1.28. The maximum Gasteiger partial charge on any atom is 0.338 e. The first-order chi connectivity index (χ1) is 16.5. The Morgan fingerprint density at radius 2 is 1.88 bits per heavy atom. The molecule has 176 valence electrons. The molecule has 2 aromatic carbocycles. The zero-order chi connectivity index (χ0) is 24.2. The van der Waals surface area contributed by atoms with Crippen molar-refractivity contribution >= 4 is 23.4 Å². The summed E-state index contributed by atoms with van der Waals surface area (Å²) < 4.78 is 18.2. The van der Waals surface area contributed by atoms with Gasteiger partial charge in [0.2, 0.25) is 0 Å². The number of rotatable bonds is 7. The molecule has 1 aromatic heterocycles. The van der Waals surface area contributed by atoms with Crippen LogP contribution in [0.3, 0.4) is 0 Å². The van der Waals surface area contributed by atoms with Crippen LogP contribution in [-0.4, -0.2) is 31.4 Å². The number of carbonyl (C=O) groups excluding carboxylic acids is 1. The molecular weight excluding hydrogens is 452 g/mol. The number of hydrogen-bond donors (Lipinski definition) is 0. The summed E-state index contributed by atoms with van der Waals surface area (Å²) in [5.74, 6) is 0.880. The van der Waals surface area contributed by atoms with Crippen LogP contribution in [0.25, 0.3) is 6.08 Å². The highest BCUT2D eigenvalue weighted by atomic mass is 32.1. The third kappa shape index (κ3) is 4.41. The lowest BCUT2D eigenvalue weighted by molar-refractivity contribution is -0.136. The summed E-state index contributed by atoms with van der Waals surface area (Å²) in [6.45, 7) is 4.42. The van der Waals surface area contributed by atoms with Gasteiger partial charge in [-0.05, 0) is 43.2 Å². The predicted molar refractivity (Wildman–Crippen MR) is 131 cm³/mol. The molecule has 0 N–H and O–H groups in total. The van der Waals surface area contributed by atoms with Crippen LogP contribution < -0.4 is 24.4 Å². The van der Waals surface area contributed by atoms with Crippen LogP contribution in [0, 0.1) is 0 Å². The van der Waals surface area contributed by atoms with Crippen LogP contribution >= 0.6 is 11.3 Å². The Morgan fingerprint density at radius 3 is 2.56 bits per heavy atom. The van der Waals surface area contributed by atoms with Crippen LogP contribution in [0.2, 0.25) is 0 Å². The van der Waals surface area contributed by atoms with Gasteiger partial charge in [0.25, 0.3) is 5.56 Å². The fraction of sp³-hybridized carbons (Fsp3) is 0.269. The number of allylic oxidation sites excluding steroid dienone is 1. The number of para-hydroxylation sites is 1.